The molecule has 0 aromatic heterocycles. The highest BCUT2D eigenvalue weighted by Crippen LogP contribution is 2.42. The molecule has 6 heteroatoms. The van der Waals surface area contributed by atoms with Crippen molar-refractivity contribution in [3.05, 3.63) is 35.4 Å². The number of benzene rings is 1. The predicted octanol–water partition coefficient (Wildman–Crippen LogP) is 2.63. The average Bonchev–Trinajstić information content (AvgIpc) is 3.19. The van der Waals surface area contributed by atoms with Crippen LogP contribution in [0.5, 0.6) is 0 Å². The summed E-state index contributed by atoms with van der Waals surface area (Å²) in [7, 11) is 1.50. The monoisotopic (exact) mass is 274 g/mol. The normalized spacial score (nSPS) is 19.2. The molecule has 1 aromatic rings. The number of hydrogen-bond acceptors (Lipinski definition) is 3. The number of hydrogen-bond donors (Lipinski definition) is 2. The van der Waals surface area contributed by atoms with Crippen LogP contribution in [0.4, 0.5) is 13.2 Å². The van der Waals surface area contributed by atoms with E-state index < -0.39 is 17.8 Å². The number of hydrazine groups is 1. The third-order valence-electron chi connectivity index (χ3n) is 3.47. The Morgan fingerprint density at radius 3 is 2.42 bits per heavy atom. The van der Waals surface area contributed by atoms with E-state index in [1.165, 1.54) is 19.2 Å². The Labute approximate surface area is 109 Å². The Morgan fingerprint density at radius 1 is 1.32 bits per heavy atom. The minimum Gasteiger partial charge on any atom is -0.379 e. The molecule has 0 heterocycles. The lowest BCUT2D eigenvalue weighted by Gasteiger charge is -2.28. The molecule has 2 rings (SSSR count). The van der Waals surface area contributed by atoms with Crippen molar-refractivity contribution >= 4 is 0 Å². The minimum absolute atomic E-state index is 0.135. The van der Waals surface area contributed by atoms with Crippen LogP contribution in [-0.4, -0.2) is 13.2 Å². The maximum Gasteiger partial charge on any atom is 0.416 e. The van der Waals surface area contributed by atoms with E-state index in [-0.39, 0.29) is 17.6 Å². The molecule has 0 aliphatic heterocycles. The van der Waals surface area contributed by atoms with Gasteiger partial charge in [-0.1, -0.05) is 18.2 Å². The Balaban J connectivity index is 2.37. The largest absolute Gasteiger partial charge is 0.416 e. The first-order valence-corrected chi connectivity index (χ1v) is 6.14. The molecule has 2 atom stereocenters. The highest BCUT2D eigenvalue weighted by atomic mass is 19.4. The summed E-state index contributed by atoms with van der Waals surface area (Å²) in [5, 5.41) is 0. The lowest BCUT2D eigenvalue weighted by atomic mass is 9.94. The Bertz CT molecular complexity index is 432. The molecule has 1 aliphatic rings. The summed E-state index contributed by atoms with van der Waals surface area (Å²) >= 11 is 0. The molecule has 3 N–H and O–H groups in total. The zero-order valence-corrected chi connectivity index (χ0v) is 10.6. The summed E-state index contributed by atoms with van der Waals surface area (Å²) in [6.07, 6.45) is -2.81. The van der Waals surface area contributed by atoms with E-state index in [9.17, 15) is 13.2 Å². The van der Waals surface area contributed by atoms with Gasteiger partial charge in [0.05, 0.1) is 17.7 Å². The third kappa shape index (κ3) is 3.08. The maximum absolute atomic E-state index is 13.0. The molecule has 1 saturated carbocycles. The molecule has 106 valence electrons. The number of halogens is 3. The molecule has 0 spiro atoms. The third-order valence-corrected chi connectivity index (χ3v) is 3.47. The fraction of sp³-hybridized carbons (Fsp3) is 0.538. The molecule has 2 unspecified atom stereocenters. The van der Waals surface area contributed by atoms with Crippen LogP contribution in [0.2, 0.25) is 0 Å². The van der Waals surface area contributed by atoms with Gasteiger partial charge >= 0.3 is 6.18 Å². The average molecular weight is 274 g/mol. The summed E-state index contributed by atoms with van der Waals surface area (Å²) < 4.78 is 44.4. The van der Waals surface area contributed by atoms with E-state index in [1.807, 2.05) is 0 Å². The second-order valence-corrected chi connectivity index (χ2v) is 4.77. The van der Waals surface area contributed by atoms with Gasteiger partial charge in [-0.25, -0.2) is 0 Å². The van der Waals surface area contributed by atoms with Crippen LogP contribution >= 0.6 is 0 Å². The van der Waals surface area contributed by atoms with Crippen LogP contribution in [0.3, 0.4) is 0 Å². The maximum atomic E-state index is 13.0. The quantitative estimate of drug-likeness (QED) is 0.641. The molecule has 1 fully saturated rings. The zero-order chi connectivity index (χ0) is 14.0. The molecular formula is C13H17F3N2O. The first-order chi connectivity index (χ1) is 8.99. The molecule has 0 bridgehead atoms. The van der Waals surface area contributed by atoms with Crippen molar-refractivity contribution in [2.24, 2.45) is 11.8 Å². The van der Waals surface area contributed by atoms with Gasteiger partial charge in [-0.05, 0) is 30.4 Å². The Kier molecular flexibility index (Phi) is 4.13. The van der Waals surface area contributed by atoms with Crippen molar-refractivity contribution in [3.8, 4) is 0 Å². The molecule has 0 amide bonds. The standard InChI is InChI=1S/C13H17F3N2O/c1-19-12(8-6-7-8)11(18-17)9-4-2-3-5-10(9)13(14,15)16/h2-5,8,11-12,18H,6-7,17H2,1H3. The van der Waals surface area contributed by atoms with Crippen LogP contribution in [0, 0.1) is 5.92 Å². The lowest BCUT2D eigenvalue weighted by Crippen LogP contribution is -2.39. The van der Waals surface area contributed by atoms with Gasteiger partial charge in [0, 0.05) is 7.11 Å². The van der Waals surface area contributed by atoms with Crippen molar-refractivity contribution in [2.75, 3.05) is 7.11 Å². The molecule has 19 heavy (non-hydrogen) atoms. The lowest BCUT2D eigenvalue weighted by molar-refractivity contribution is -0.138. The molecular weight excluding hydrogens is 257 g/mol. The van der Waals surface area contributed by atoms with E-state index in [2.05, 4.69) is 5.43 Å². The Hall–Kier alpha value is -1.11. The van der Waals surface area contributed by atoms with Gasteiger partial charge in [0.25, 0.3) is 0 Å². The number of rotatable bonds is 5. The number of nitrogens with one attached hydrogen (secondary N) is 1. The second kappa shape index (κ2) is 5.48. The smallest absolute Gasteiger partial charge is 0.379 e. The summed E-state index contributed by atoms with van der Waals surface area (Å²) in [6.45, 7) is 0. The van der Waals surface area contributed by atoms with E-state index in [0.29, 0.717) is 0 Å². The van der Waals surface area contributed by atoms with Gasteiger partial charge in [0.1, 0.15) is 0 Å². The summed E-state index contributed by atoms with van der Waals surface area (Å²) in [5.74, 6) is 5.73. The molecule has 1 aliphatic carbocycles. The van der Waals surface area contributed by atoms with Crippen molar-refractivity contribution in [3.63, 3.8) is 0 Å². The van der Waals surface area contributed by atoms with Crippen LogP contribution in [0.15, 0.2) is 24.3 Å². The van der Waals surface area contributed by atoms with Gasteiger partial charge in [-0.2, -0.15) is 13.2 Å². The topological polar surface area (TPSA) is 47.3 Å². The van der Waals surface area contributed by atoms with Crippen molar-refractivity contribution < 1.29 is 17.9 Å². The minimum atomic E-state index is -4.40. The van der Waals surface area contributed by atoms with E-state index in [4.69, 9.17) is 10.6 Å². The number of methoxy groups -OCH3 is 1. The highest BCUT2D eigenvalue weighted by molar-refractivity contribution is 5.33. The van der Waals surface area contributed by atoms with Gasteiger partial charge < -0.3 is 4.74 Å². The van der Waals surface area contributed by atoms with Crippen LogP contribution in [0.1, 0.15) is 30.0 Å². The summed E-state index contributed by atoms with van der Waals surface area (Å²) in [6, 6.07) is 4.81. The SMILES string of the molecule is COC(C1CC1)C(NN)c1ccccc1C(F)(F)F. The molecule has 0 saturated heterocycles. The van der Waals surface area contributed by atoms with E-state index in [1.54, 1.807) is 6.07 Å². The van der Waals surface area contributed by atoms with Crippen molar-refractivity contribution in [1.29, 1.82) is 0 Å². The zero-order valence-electron chi connectivity index (χ0n) is 10.6. The first kappa shape index (κ1) is 14.3. The summed E-state index contributed by atoms with van der Waals surface area (Å²) in [4.78, 5) is 0. The van der Waals surface area contributed by atoms with Crippen LogP contribution in [0.25, 0.3) is 0 Å². The number of ether oxygens (including phenoxy) is 1. The van der Waals surface area contributed by atoms with Crippen molar-refractivity contribution in [2.45, 2.75) is 31.2 Å². The van der Waals surface area contributed by atoms with Crippen LogP contribution < -0.4 is 11.3 Å². The molecule has 0 radical (unpaired) electrons. The predicted molar refractivity (Wildman–Crippen MR) is 65.0 cm³/mol. The fourth-order valence-corrected chi connectivity index (χ4v) is 2.41. The summed E-state index contributed by atoms with van der Waals surface area (Å²) in [5.41, 5.74) is 1.95. The van der Waals surface area contributed by atoms with Gasteiger partial charge in [-0.15, -0.1) is 0 Å². The van der Waals surface area contributed by atoms with Gasteiger partial charge in [-0.3, -0.25) is 11.3 Å². The number of nitrogens with two attached hydrogens (primary N) is 1. The second-order valence-electron chi connectivity index (χ2n) is 4.77. The number of alkyl halides is 3. The highest BCUT2D eigenvalue weighted by Gasteiger charge is 2.41. The van der Waals surface area contributed by atoms with Gasteiger partial charge in [0.15, 0.2) is 0 Å². The fourth-order valence-electron chi connectivity index (χ4n) is 2.41. The first-order valence-electron chi connectivity index (χ1n) is 6.14. The van der Waals surface area contributed by atoms with Gasteiger partial charge in [0.2, 0.25) is 0 Å². The molecule has 1 aromatic carbocycles. The van der Waals surface area contributed by atoms with E-state index >= 15 is 0 Å². The Morgan fingerprint density at radius 2 is 1.95 bits per heavy atom. The molecule has 3 nitrogen and oxygen atoms in total. The van der Waals surface area contributed by atoms with Crippen LogP contribution in [-0.2, 0) is 10.9 Å². The van der Waals surface area contributed by atoms with Crippen molar-refractivity contribution in [1.82, 2.24) is 5.43 Å². The van der Waals surface area contributed by atoms with E-state index in [0.717, 1.165) is 18.9 Å².